The molecule has 1 saturated carbocycles. The zero-order valence-electron chi connectivity index (χ0n) is 10.9. The topological polar surface area (TPSA) is 43.8 Å². The first-order valence-corrected chi connectivity index (χ1v) is 6.36. The van der Waals surface area contributed by atoms with E-state index in [1.165, 1.54) is 17.5 Å². The Bertz CT molecular complexity index is 561. The van der Waals surface area contributed by atoms with E-state index in [2.05, 4.69) is 41.6 Å². The molecule has 1 aromatic heterocycles. The number of aryl methyl sites for hydroxylation is 2. The molecule has 1 aliphatic rings. The highest BCUT2D eigenvalue weighted by Crippen LogP contribution is 2.33. The summed E-state index contributed by atoms with van der Waals surface area (Å²) in [4.78, 5) is 4.67. The van der Waals surface area contributed by atoms with Gasteiger partial charge in [-0.2, -0.15) is 0 Å². The molecule has 2 N–H and O–H groups in total. The van der Waals surface area contributed by atoms with Crippen LogP contribution in [0.25, 0.3) is 11.0 Å². The van der Waals surface area contributed by atoms with Crippen molar-refractivity contribution in [3.63, 3.8) is 0 Å². The van der Waals surface area contributed by atoms with E-state index < -0.39 is 0 Å². The van der Waals surface area contributed by atoms with Gasteiger partial charge in [0.15, 0.2) is 0 Å². The predicted molar refractivity (Wildman–Crippen MR) is 77.3 cm³/mol. The third-order valence-corrected chi connectivity index (χ3v) is 3.83. The zero-order valence-corrected chi connectivity index (χ0v) is 11.7. The van der Waals surface area contributed by atoms with E-state index in [1.54, 1.807) is 0 Å². The maximum Gasteiger partial charge on any atom is 0.106 e. The second-order valence-electron chi connectivity index (χ2n) is 5.25. The zero-order chi connectivity index (χ0) is 12.0. The number of nitrogens with two attached hydrogens (primary N) is 1. The highest BCUT2D eigenvalue weighted by atomic mass is 35.5. The van der Waals surface area contributed by atoms with Crippen LogP contribution in [0.1, 0.15) is 36.7 Å². The van der Waals surface area contributed by atoms with Gasteiger partial charge in [-0.1, -0.05) is 6.07 Å². The Morgan fingerprint density at radius 3 is 2.72 bits per heavy atom. The predicted octanol–water partition coefficient (Wildman–Crippen LogP) is 3.13. The van der Waals surface area contributed by atoms with E-state index in [1.807, 2.05) is 0 Å². The molecule has 2 unspecified atom stereocenters. The van der Waals surface area contributed by atoms with E-state index in [0.29, 0.717) is 12.1 Å². The monoisotopic (exact) mass is 265 g/mol. The van der Waals surface area contributed by atoms with Gasteiger partial charge in [-0.15, -0.1) is 12.4 Å². The SMILES string of the molecule is Cc1ccc2c(c1)nc(C)n2C1CCC(N)C1.Cl. The van der Waals surface area contributed by atoms with E-state index in [9.17, 15) is 0 Å². The van der Waals surface area contributed by atoms with Crippen LogP contribution in [0.15, 0.2) is 18.2 Å². The molecule has 1 heterocycles. The van der Waals surface area contributed by atoms with E-state index in [-0.39, 0.29) is 12.4 Å². The van der Waals surface area contributed by atoms with Crippen molar-refractivity contribution in [3.05, 3.63) is 29.6 Å². The van der Waals surface area contributed by atoms with Crippen LogP contribution in [-0.2, 0) is 0 Å². The van der Waals surface area contributed by atoms with E-state index in [0.717, 1.165) is 24.2 Å². The lowest BCUT2D eigenvalue weighted by Crippen LogP contribution is -2.16. The van der Waals surface area contributed by atoms with Gasteiger partial charge in [-0.25, -0.2) is 4.98 Å². The largest absolute Gasteiger partial charge is 0.328 e. The van der Waals surface area contributed by atoms with Gasteiger partial charge in [0, 0.05) is 12.1 Å². The maximum atomic E-state index is 6.02. The molecule has 3 nitrogen and oxygen atoms in total. The summed E-state index contributed by atoms with van der Waals surface area (Å²) in [6.07, 6.45) is 3.40. The molecule has 2 aromatic rings. The minimum Gasteiger partial charge on any atom is -0.328 e. The number of fused-ring (bicyclic) bond motifs is 1. The summed E-state index contributed by atoms with van der Waals surface area (Å²) < 4.78 is 2.38. The average molecular weight is 266 g/mol. The van der Waals surface area contributed by atoms with Gasteiger partial charge in [0.25, 0.3) is 0 Å². The molecule has 0 bridgehead atoms. The number of aromatic nitrogens is 2. The van der Waals surface area contributed by atoms with Crippen molar-refractivity contribution < 1.29 is 0 Å². The number of benzene rings is 1. The highest BCUT2D eigenvalue weighted by molar-refractivity contribution is 5.85. The van der Waals surface area contributed by atoms with Crippen molar-refractivity contribution in [2.45, 2.75) is 45.2 Å². The molecule has 0 aliphatic heterocycles. The first-order valence-electron chi connectivity index (χ1n) is 6.36. The van der Waals surface area contributed by atoms with Crippen molar-refractivity contribution in [2.24, 2.45) is 5.73 Å². The summed E-state index contributed by atoms with van der Waals surface area (Å²) >= 11 is 0. The summed E-state index contributed by atoms with van der Waals surface area (Å²) in [5.74, 6) is 1.12. The van der Waals surface area contributed by atoms with Crippen molar-refractivity contribution in [1.82, 2.24) is 9.55 Å². The second-order valence-corrected chi connectivity index (χ2v) is 5.25. The highest BCUT2D eigenvalue weighted by Gasteiger charge is 2.25. The van der Waals surface area contributed by atoms with Gasteiger partial charge >= 0.3 is 0 Å². The first kappa shape index (κ1) is 13.4. The number of rotatable bonds is 1. The van der Waals surface area contributed by atoms with E-state index in [4.69, 9.17) is 5.73 Å². The Hall–Kier alpha value is -1.06. The van der Waals surface area contributed by atoms with Crippen LogP contribution >= 0.6 is 12.4 Å². The average Bonchev–Trinajstić information content (AvgIpc) is 2.80. The minimum atomic E-state index is 0. The summed E-state index contributed by atoms with van der Waals surface area (Å²) in [5, 5.41) is 0. The normalized spacial score (nSPS) is 23.3. The lowest BCUT2D eigenvalue weighted by atomic mass is 10.2. The van der Waals surface area contributed by atoms with Crippen LogP contribution in [0.2, 0.25) is 0 Å². The standard InChI is InChI=1S/C14H19N3.ClH/c1-9-3-6-14-13(7-9)16-10(2)17(14)12-5-4-11(15)8-12;/h3,6-7,11-12H,4-5,8,15H2,1-2H3;1H. The fourth-order valence-corrected chi connectivity index (χ4v) is 3.02. The van der Waals surface area contributed by atoms with Crippen molar-refractivity contribution in [1.29, 1.82) is 0 Å². The number of halogens is 1. The molecular formula is C14H20ClN3. The Labute approximate surface area is 114 Å². The molecule has 18 heavy (non-hydrogen) atoms. The molecule has 4 heteroatoms. The molecular weight excluding hydrogens is 246 g/mol. The Kier molecular flexibility index (Phi) is 3.64. The Morgan fingerprint density at radius 1 is 1.28 bits per heavy atom. The number of imidazole rings is 1. The maximum absolute atomic E-state index is 6.02. The minimum absolute atomic E-state index is 0. The van der Waals surface area contributed by atoms with Crippen LogP contribution in [-0.4, -0.2) is 15.6 Å². The summed E-state index contributed by atoms with van der Waals surface area (Å²) in [5.41, 5.74) is 9.66. The van der Waals surface area contributed by atoms with Crippen molar-refractivity contribution >= 4 is 23.4 Å². The molecule has 1 aromatic carbocycles. The molecule has 2 atom stereocenters. The fourth-order valence-electron chi connectivity index (χ4n) is 3.02. The van der Waals surface area contributed by atoms with Crippen LogP contribution in [0.4, 0.5) is 0 Å². The van der Waals surface area contributed by atoms with Crippen LogP contribution in [0, 0.1) is 13.8 Å². The Morgan fingerprint density at radius 2 is 2.06 bits per heavy atom. The van der Waals surface area contributed by atoms with Gasteiger partial charge in [0.1, 0.15) is 5.82 Å². The van der Waals surface area contributed by atoms with Crippen LogP contribution in [0.5, 0.6) is 0 Å². The summed E-state index contributed by atoms with van der Waals surface area (Å²) in [7, 11) is 0. The molecule has 98 valence electrons. The lowest BCUT2D eigenvalue weighted by Gasteiger charge is -2.15. The second kappa shape index (κ2) is 4.90. The molecule has 0 amide bonds. The first-order chi connectivity index (χ1) is 8.15. The van der Waals surface area contributed by atoms with Gasteiger partial charge in [0.2, 0.25) is 0 Å². The lowest BCUT2D eigenvalue weighted by molar-refractivity contribution is 0.511. The van der Waals surface area contributed by atoms with Crippen molar-refractivity contribution in [2.75, 3.05) is 0 Å². The number of hydrogen-bond donors (Lipinski definition) is 1. The number of nitrogens with zero attached hydrogens (tertiary/aromatic N) is 2. The van der Waals surface area contributed by atoms with Crippen molar-refractivity contribution in [3.8, 4) is 0 Å². The quantitative estimate of drug-likeness (QED) is 0.861. The molecule has 3 rings (SSSR count). The van der Waals surface area contributed by atoms with Gasteiger partial charge in [-0.05, 0) is 50.8 Å². The molecule has 0 radical (unpaired) electrons. The molecule has 1 fully saturated rings. The molecule has 1 aliphatic carbocycles. The Balaban J connectivity index is 0.00000120. The fraction of sp³-hybridized carbons (Fsp3) is 0.500. The van der Waals surface area contributed by atoms with Crippen LogP contribution < -0.4 is 5.73 Å². The molecule has 0 saturated heterocycles. The van der Waals surface area contributed by atoms with Crippen LogP contribution in [0.3, 0.4) is 0 Å². The number of hydrogen-bond acceptors (Lipinski definition) is 2. The summed E-state index contributed by atoms with van der Waals surface area (Å²) in [6, 6.07) is 7.41. The van der Waals surface area contributed by atoms with E-state index >= 15 is 0 Å². The van der Waals surface area contributed by atoms with Gasteiger partial charge < -0.3 is 10.3 Å². The third-order valence-electron chi connectivity index (χ3n) is 3.83. The smallest absolute Gasteiger partial charge is 0.106 e. The third kappa shape index (κ3) is 2.13. The van der Waals surface area contributed by atoms with Gasteiger partial charge in [-0.3, -0.25) is 0 Å². The van der Waals surface area contributed by atoms with Gasteiger partial charge in [0.05, 0.1) is 11.0 Å². The molecule has 0 spiro atoms. The summed E-state index contributed by atoms with van der Waals surface area (Å²) in [6.45, 7) is 4.21.